The number of hydrogen-bond acceptors (Lipinski definition) is 5. The van der Waals surface area contributed by atoms with Gasteiger partial charge in [-0.15, -0.1) is 0 Å². The van der Waals surface area contributed by atoms with Crippen molar-refractivity contribution in [2.75, 3.05) is 22.6 Å². The monoisotopic (exact) mass is 226 g/mol. The predicted molar refractivity (Wildman–Crippen MR) is 67.1 cm³/mol. The second-order valence-electron chi connectivity index (χ2n) is 3.36. The van der Waals surface area contributed by atoms with Crippen molar-refractivity contribution in [1.82, 2.24) is 9.97 Å². The fourth-order valence-corrected chi connectivity index (χ4v) is 1.99. The molecule has 5 heteroatoms. The molecule has 0 spiro atoms. The van der Waals surface area contributed by atoms with E-state index < -0.39 is 0 Å². The van der Waals surface area contributed by atoms with E-state index in [2.05, 4.69) is 29.1 Å². The third kappa shape index (κ3) is 4.88. The minimum Gasteiger partial charge on any atom is -0.384 e. The van der Waals surface area contributed by atoms with Gasteiger partial charge in [-0.25, -0.2) is 9.97 Å². The summed E-state index contributed by atoms with van der Waals surface area (Å²) < 4.78 is 0. The van der Waals surface area contributed by atoms with Crippen LogP contribution in [0.1, 0.15) is 20.3 Å². The second-order valence-corrected chi connectivity index (χ2v) is 4.75. The van der Waals surface area contributed by atoms with Gasteiger partial charge in [0.05, 0.1) is 0 Å². The molecule has 1 rings (SSSR count). The van der Waals surface area contributed by atoms with Gasteiger partial charge in [-0.3, -0.25) is 0 Å². The van der Waals surface area contributed by atoms with E-state index in [0.29, 0.717) is 11.9 Å². The molecule has 1 aromatic rings. The minimum atomic E-state index is 0.415. The van der Waals surface area contributed by atoms with E-state index in [1.807, 2.05) is 11.8 Å². The van der Waals surface area contributed by atoms with Crippen molar-refractivity contribution in [3.8, 4) is 0 Å². The third-order valence-electron chi connectivity index (χ3n) is 1.98. The van der Waals surface area contributed by atoms with Gasteiger partial charge in [0.25, 0.3) is 0 Å². The molecule has 0 bridgehead atoms. The van der Waals surface area contributed by atoms with E-state index in [9.17, 15) is 0 Å². The number of aromatic nitrogens is 2. The average Bonchev–Trinajstić information content (AvgIpc) is 2.18. The lowest BCUT2D eigenvalue weighted by Crippen LogP contribution is -2.17. The molecular formula is C10H18N4S. The summed E-state index contributed by atoms with van der Waals surface area (Å²) in [4.78, 5) is 7.94. The molecule has 1 atom stereocenters. The average molecular weight is 226 g/mol. The van der Waals surface area contributed by atoms with Crippen molar-refractivity contribution in [3.05, 3.63) is 12.4 Å². The van der Waals surface area contributed by atoms with Crippen LogP contribution in [0.5, 0.6) is 0 Å². The van der Waals surface area contributed by atoms with E-state index in [-0.39, 0.29) is 0 Å². The molecule has 4 nitrogen and oxygen atoms in total. The standard InChI is InChI=1S/C10H18N4S/c1-3-15-5-4-8(2)14-10-6-9(11)12-7-13-10/h6-8H,3-5H2,1-2H3,(H3,11,12,13,14). The van der Waals surface area contributed by atoms with Crippen LogP contribution in [0.2, 0.25) is 0 Å². The SMILES string of the molecule is CCSCCC(C)Nc1cc(N)ncn1. The van der Waals surface area contributed by atoms with Gasteiger partial charge < -0.3 is 11.1 Å². The second kappa shape index (κ2) is 6.50. The molecule has 15 heavy (non-hydrogen) atoms. The summed E-state index contributed by atoms with van der Waals surface area (Å²) in [6.45, 7) is 4.32. The molecular weight excluding hydrogens is 208 g/mol. The van der Waals surface area contributed by atoms with E-state index in [0.717, 1.165) is 12.2 Å². The van der Waals surface area contributed by atoms with Gasteiger partial charge in [0.2, 0.25) is 0 Å². The first-order valence-electron chi connectivity index (χ1n) is 5.14. The lowest BCUT2D eigenvalue weighted by atomic mass is 10.2. The van der Waals surface area contributed by atoms with Crippen LogP contribution in [-0.2, 0) is 0 Å². The molecule has 0 radical (unpaired) electrons. The van der Waals surface area contributed by atoms with Crippen LogP contribution in [-0.4, -0.2) is 27.5 Å². The number of thioether (sulfide) groups is 1. The Morgan fingerprint density at radius 3 is 3.00 bits per heavy atom. The Morgan fingerprint density at radius 2 is 2.33 bits per heavy atom. The van der Waals surface area contributed by atoms with Crippen LogP contribution < -0.4 is 11.1 Å². The summed E-state index contributed by atoms with van der Waals surface area (Å²) in [5.41, 5.74) is 5.56. The first kappa shape index (κ1) is 12.1. The van der Waals surface area contributed by atoms with Gasteiger partial charge in [0.1, 0.15) is 18.0 Å². The zero-order valence-electron chi connectivity index (χ0n) is 9.23. The Labute approximate surface area is 95.1 Å². The number of nitrogens with one attached hydrogen (secondary N) is 1. The highest BCUT2D eigenvalue weighted by molar-refractivity contribution is 7.99. The number of nitrogens with two attached hydrogens (primary N) is 1. The summed E-state index contributed by atoms with van der Waals surface area (Å²) >= 11 is 1.95. The van der Waals surface area contributed by atoms with Crippen molar-refractivity contribution in [3.63, 3.8) is 0 Å². The predicted octanol–water partition coefficient (Wildman–Crippen LogP) is 2.00. The topological polar surface area (TPSA) is 63.8 Å². The van der Waals surface area contributed by atoms with Crippen molar-refractivity contribution >= 4 is 23.4 Å². The van der Waals surface area contributed by atoms with Crippen LogP contribution >= 0.6 is 11.8 Å². The van der Waals surface area contributed by atoms with Gasteiger partial charge in [0, 0.05) is 12.1 Å². The van der Waals surface area contributed by atoms with Gasteiger partial charge >= 0.3 is 0 Å². The third-order valence-corrected chi connectivity index (χ3v) is 2.91. The van der Waals surface area contributed by atoms with E-state index >= 15 is 0 Å². The first-order valence-corrected chi connectivity index (χ1v) is 6.29. The normalized spacial score (nSPS) is 12.4. The number of nitrogens with zero attached hydrogens (tertiary/aromatic N) is 2. The molecule has 0 aliphatic heterocycles. The molecule has 1 unspecified atom stereocenters. The molecule has 0 saturated heterocycles. The zero-order valence-corrected chi connectivity index (χ0v) is 10.0. The number of nitrogen functional groups attached to an aromatic ring is 1. The highest BCUT2D eigenvalue weighted by Crippen LogP contribution is 2.10. The van der Waals surface area contributed by atoms with Crippen LogP contribution in [0.3, 0.4) is 0 Å². The summed E-state index contributed by atoms with van der Waals surface area (Å²) in [6.07, 6.45) is 2.60. The maximum atomic E-state index is 5.56. The zero-order chi connectivity index (χ0) is 11.1. The minimum absolute atomic E-state index is 0.415. The number of rotatable bonds is 6. The highest BCUT2D eigenvalue weighted by atomic mass is 32.2. The van der Waals surface area contributed by atoms with Crippen LogP contribution in [0.15, 0.2) is 12.4 Å². The van der Waals surface area contributed by atoms with Gasteiger partial charge in [-0.1, -0.05) is 6.92 Å². The van der Waals surface area contributed by atoms with Crippen molar-refractivity contribution in [2.45, 2.75) is 26.3 Å². The maximum Gasteiger partial charge on any atom is 0.131 e. The highest BCUT2D eigenvalue weighted by Gasteiger charge is 2.02. The maximum absolute atomic E-state index is 5.56. The molecule has 0 aromatic carbocycles. The molecule has 0 fully saturated rings. The van der Waals surface area contributed by atoms with Crippen LogP contribution in [0.4, 0.5) is 11.6 Å². The molecule has 3 N–H and O–H groups in total. The Bertz CT molecular complexity index is 293. The number of hydrogen-bond donors (Lipinski definition) is 2. The smallest absolute Gasteiger partial charge is 0.131 e. The Balaban J connectivity index is 2.34. The lowest BCUT2D eigenvalue weighted by molar-refractivity contribution is 0.766. The Morgan fingerprint density at radius 1 is 1.53 bits per heavy atom. The largest absolute Gasteiger partial charge is 0.384 e. The number of anilines is 2. The summed E-state index contributed by atoms with van der Waals surface area (Å²) in [5, 5.41) is 3.30. The summed E-state index contributed by atoms with van der Waals surface area (Å²) in [7, 11) is 0. The van der Waals surface area contributed by atoms with E-state index in [1.54, 1.807) is 6.07 Å². The lowest BCUT2D eigenvalue weighted by Gasteiger charge is -2.13. The molecule has 0 aliphatic rings. The van der Waals surface area contributed by atoms with Gasteiger partial charge in [-0.2, -0.15) is 11.8 Å². The van der Waals surface area contributed by atoms with Crippen molar-refractivity contribution in [2.24, 2.45) is 0 Å². The summed E-state index contributed by atoms with van der Waals surface area (Å²) in [6, 6.07) is 2.17. The first-order chi connectivity index (χ1) is 7.22. The molecule has 0 aliphatic carbocycles. The van der Waals surface area contributed by atoms with Crippen molar-refractivity contribution < 1.29 is 0 Å². The van der Waals surface area contributed by atoms with Crippen LogP contribution in [0.25, 0.3) is 0 Å². The van der Waals surface area contributed by atoms with Crippen LogP contribution in [0, 0.1) is 0 Å². The summed E-state index contributed by atoms with van der Waals surface area (Å²) in [5.74, 6) is 3.65. The molecule has 84 valence electrons. The van der Waals surface area contributed by atoms with Crippen molar-refractivity contribution in [1.29, 1.82) is 0 Å². The fraction of sp³-hybridized carbons (Fsp3) is 0.600. The molecule has 1 aromatic heterocycles. The molecule has 0 saturated carbocycles. The molecule has 0 amide bonds. The van der Waals surface area contributed by atoms with E-state index in [1.165, 1.54) is 17.8 Å². The van der Waals surface area contributed by atoms with Gasteiger partial charge in [-0.05, 0) is 24.9 Å². The Kier molecular flexibility index (Phi) is 5.25. The van der Waals surface area contributed by atoms with Gasteiger partial charge in [0.15, 0.2) is 0 Å². The molecule has 1 heterocycles. The Hall–Kier alpha value is -0.970. The quantitative estimate of drug-likeness (QED) is 0.726. The fourth-order valence-electron chi connectivity index (χ4n) is 1.18. The van der Waals surface area contributed by atoms with E-state index in [4.69, 9.17) is 5.73 Å².